The number of hydrogen-bond acceptors (Lipinski definition) is 5. The Morgan fingerprint density at radius 1 is 1.09 bits per heavy atom. The van der Waals surface area contributed by atoms with Crippen molar-refractivity contribution in [1.29, 1.82) is 0 Å². The molecule has 0 radical (unpaired) electrons. The molecule has 0 heterocycles. The van der Waals surface area contributed by atoms with Gasteiger partial charge in [-0.15, -0.1) is 0 Å². The standard InChI is InChI=1S/C24H21ClF2N2O4/c1-12-2-5-16(24(28)33)18(10-15(31)11-30)22(12)23(32)17-6-4-14(9-19(17)25)29-21-7-3-13(26)8-20(21)27/h2-9,15,29-31H,10-11H2,1H3,(H2,28,33). The molecule has 0 aliphatic rings. The normalized spacial score (nSPS) is 11.8. The first-order valence-electron chi connectivity index (χ1n) is 9.90. The minimum Gasteiger partial charge on any atom is -0.394 e. The number of halogens is 3. The van der Waals surface area contributed by atoms with Crippen LogP contribution in [0.25, 0.3) is 0 Å². The van der Waals surface area contributed by atoms with Crippen LogP contribution in [0.3, 0.4) is 0 Å². The summed E-state index contributed by atoms with van der Waals surface area (Å²) < 4.78 is 27.0. The van der Waals surface area contributed by atoms with E-state index in [2.05, 4.69) is 5.32 Å². The van der Waals surface area contributed by atoms with Crippen molar-refractivity contribution < 1.29 is 28.6 Å². The summed E-state index contributed by atoms with van der Waals surface area (Å²) in [7, 11) is 0. The first-order chi connectivity index (χ1) is 15.6. The summed E-state index contributed by atoms with van der Waals surface area (Å²) >= 11 is 6.35. The van der Waals surface area contributed by atoms with Gasteiger partial charge in [-0.25, -0.2) is 8.78 Å². The lowest BCUT2D eigenvalue weighted by molar-refractivity contribution is 0.0933. The smallest absolute Gasteiger partial charge is 0.249 e. The van der Waals surface area contributed by atoms with Gasteiger partial charge < -0.3 is 21.3 Å². The number of aliphatic hydroxyl groups excluding tert-OH is 2. The Balaban J connectivity index is 2.01. The molecular weight excluding hydrogens is 454 g/mol. The molecule has 5 N–H and O–H groups in total. The topological polar surface area (TPSA) is 113 Å². The summed E-state index contributed by atoms with van der Waals surface area (Å²) in [6.07, 6.45) is -1.37. The third kappa shape index (κ3) is 5.36. The Morgan fingerprint density at radius 3 is 2.39 bits per heavy atom. The highest BCUT2D eigenvalue weighted by atomic mass is 35.5. The lowest BCUT2D eigenvalue weighted by Crippen LogP contribution is -2.23. The second kappa shape index (κ2) is 10.1. The highest BCUT2D eigenvalue weighted by molar-refractivity contribution is 6.35. The van der Waals surface area contributed by atoms with Crippen molar-refractivity contribution in [2.45, 2.75) is 19.4 Å². The zero-order valence-electron chi connectivity index (χ0n) is 17.5. The Hall–Kier alpha value is -3.33. The van der Waals surface area contributed by atoms with E-state index in [1.165, 1.54) is 30.3 Å². The zero-order valence-corrected chi connectivity index (χ0v) is 18.3. The predicted octanol–water partition coefficient (Wildman–Crippen LogP) is 3.90. The van der Waals surface area contributed by atoms with Gasteiger partial charge in [0, 0.05) is 34.9 Å². The third-order valence-corrected chi connectivity index (χ3v) is 5.40. The number of aryl methyl sites for hydroxylation is 1. The van der Waals surface area contributed by atoms with E-state index in [1.54, 1.807) is 13.0 Å². The summed E-state index contributed by atoms with van der Waals surface area (Å²) in [5.41, 5.74) is 6.87. The van der Waals surface area contributed by atoms with Gasteiger partial charge in [-0.1, -0.05) is 17.7 Å². The van der Waals surface area contributed by atoms with Gasteiger partial charge in [0.05, 0.1) is 23.4 Å². The number of primary amides is 1. The molecule has 0 spiro atoms. The van der Waals surface area contributed by atoms with Crippen molar-refractivity contribution >= 4 is 34.7 Å². The van der Waals surface area contributed by atoms with Gasteiger partial charge in [-0.05, 0) is 54.4 Å². The van der Waals surface area contributed by atoms with Gasteiger partial charge in [0.15, 0.2) is 5.78 Å². The number of anilines is 2. The van der Waals surface area contributed by atoms with Gasteiger partial charge in [0.2, 0.25) is 5.91 Å². The molecule has 0 saturated carbocycles. The minimum absolute atomic E-state index is 0.0248. The molecule has 1 amide bonds. The maximum atomic E-state index is 13.9. The molecule has 0 fully saturated rings. The molecule has 9 heteroatoms. The van der Waals surface area contributed by atoms with Crippen LogP contribution in [-0.2, 0) is 6.42 Å². The van der Waals surface area contributed by atoms with Crippen molar-refractivity contribution in [3.63, 3.8) is 0 Å². The van der Waals surface area contributed by atoms with Gasteiger partial charge in [0.1, 0.15) is 11.6 Å². The number of rotatable bonds is 8. The quantitative estimate of drug-likeness (QED) is 0.370. The molecule has 0 aromatic heterocycles. The predicted molar refractivity (Wildman–Crippen MR) is 121 cm³/mol. The van der Waals surface area contributed by atoms with Gasteiger partial charge >= 0.3 is 0 Å². The fraction of sp³-hybridized carbons (Fsp3) is 0.167. The van der Waals surface area contributed by atoms with E-state index in [1.807, 2.05) is 0 Å². The van der Waals surface area contributed by atoms with Crippen LogP contribution in [0.2, 0.25) is 5.02 Å². The molecule has 0 bridgehead atoms. The van der Waals surface area contributed by atoms with Crippen molar-refractivity contribution in [3.05, 3.63) is 93.0 Å². The number of hydrogen-bond donors (Lipinski definition) is 4. The lowest BCUT2D eigenvalue weighted by atomic mass is 9.87. The summed E-state index contributed by atoms with van der Waals surface area (Å²) in [5.74, 6) is -2.80. The SMILES string of the molecule is Cc1ccc(C(N)=O)c(CC(O)CO)c1C(=O)c1ccc(Nc2ccc(F)cc2F)cc1Cl. The Kier molecular flexibility index (Phi) is 7.43. The summed E-state index contributed by atoms with van der Waals surface area (Å²) in [4.78, 5) is 25.3. The van der Waals surface area contributed by atoms with Crippen LogP contribution in [0.5, 0.6) is 0 Å². The van der Waals surface area contributed by atoms with E-state index >= 15 is 0 Å². The van der Waals surface area contributed by atoms with Gasteiger partial charge in [0.25, 0.3) is 0 Å². The Labute approximate surface area is 193 Å². The number of nitrogens with two attached hydrogens (primary N) is 1. The van der Waals surface area contributed by atoms with Crippen LogP contribution in [-0.4, -0.2) is 34.6 Å². The van der Waals surface area contributed by atoms with E-state index in [4.69, 9.17) is 17.3 Å². The summed E-state index contributed by atoms with van der Waals surface area (Å²) in [6.45, 7) is 1.09. The van der Waals surface area contributed by atoms with Crippen LogP contribution >= 0.6 is 11.6 Å². The molecule has 1 atom stereocenters. The molecule has 3 rings (SSSR count). The second-order valence-corrected chi connectivity index (χ2v) is 7.87. The molecule has 172 valence electrons. The first kappa shape index (κ1) is 24.3. The molecular formula is C24H21ClF2N2O4. The average Bonchev–Trinajstić information content (AvgIpc) is 2.75. The van der Waals surface area contributed by atoms with Crippen molar-refractivity contribution in [3.8, 4) is 0 Å². The van der Waals surface area contributed by atoms with E-state index in [-0.39, 0.29) is 39.4 Å². The fourth-order valence-corrected chi connectivity index (χ4v) is 3.75. The highest BCUT2D eigenvalue weighted by Crippen LogP contribution is 2.30. The number of nitrogens with one attached hydrogen (secondary N) is 1. The molecule has 3 aromatic rings. The number of carbonyl (C=O) groups excluding carboxylic acids is 2. The fourth-order valence-electron chi connectivity index (χ4n) is 3.48. The van der Waals surface area contributed by atoms with Crippen LogP contribution in [0.15, 0.2) is 48.5 Å². The largest absolute Gasteiger partial charge is 0.394 e. The minimum atomic E-state index is -1.20. The molecule has 3 aromatic carbocycles. The van der Waals surface area contributed by atoms with Gasteiger partial charge in [-0.3, -0.25) is 9.59 Å². The molecule has 0 saturated heterocycles. The van der Waals surface area contributed by atoms with Crippen LogP contribution in [0.4, 0.5) is 20.2 Å². The monoisotopic (exact) mass is 474 g/mol. The van der Waals surface area contributed by atoms with Crippen LogP contribution < -0.4 is 11.1 Å². The highest BCUT2D eigenvalue weighted by Gasteiger charge is 2.24. The summed E-state index contributed by atoms with van der Waals surface area (Å²) in [6, 6.07) is 10.4. The van der Waals surface area contributed by atoms with E-state index in [9.17, 15) is 28.6 Å². The molecule has 6 nitrogen and oxygen atoms in total. The van der Waals surface area contributed by atoms with E-state index in [0.29, 0.717) is 11.3 Å². The lowest BCUT2D eigenvalue weighted by Gasteiger charge is -2.18. The maximum absolute atomic E-state index is 13.9. The number of ketones is 1. The third-order valence-electron chi connectivity index (χ3n) is 5.09. The first-order valence-corrected chi connectivity index (χ1v) is 10.3. The average molecular weight is 475 g/mol. The van der Waals surface area contributed by atoms with Crippen molar-refractivity contribution in [1.82, 2.24) is 0 Å². The van der Waals surface area contributed by atoms with Crippen LogP contribution in [0.1, 0.15) is 37.4 Å². The van der Waals surface area contributed by atoms with Crippen molar-refractivity contribution in [2.24, 2.45) is 5.73 Å². The zero-order chi connectivity index (χ0) is 24.3. The molecule has 0 aliphatic carbocycles. The second-order valence-electron chi connectivity index (χ2n) is 7.46. The molecule has 1 unspecified atom stereocenters. The summed E-state index contributed by atoms with van der Waals surface area (Å²) in [5, 5.41) is 22.0. The van der Waals surface area contributed by atoms with Gasteiger partial charge in [-0.2, -0.15) is 0 Å². The number of aliphatic hydroxyl groups is 2. The van der Waals surface area contributed by atoms with E-state index in [0.717, 1.165) is 12.1 Å². The Bertz CT molecular complexity index is 1230. The Morgan fingerprint density at radius 2 is 1.79 bits per heavy atom. The molecule has 33 heavy (non-hydrogen) atoms. The van der Waals surface area contributed by atoms with Crippen LogP contribution in [0, 0.1) is 18.6 Å². The van der Waals surface area contributed by atoms with Crippen molar-refractivity contribution in [2.75, 3.05) is 11.9 Å². The van der Waals surface area contributed by atoms with E-state index < -0.39 is 36.0 Å². The maximum Gasteiger partial charge on any atom is 0.249 e. The molecule has 0 aliphatic heterocycles. The number of benzene rings is 3. The number of carbonyl (C=O) groups is 2. The number of amides is 1.